The van der Waals surface area contributed by atoms with Gasteiger partial charge in [0.1, 0.15) is 0 Å². The molecule has 0 spiro atoms. The first-order valence-corrected chi connectivity index (χ1v) is 11.1. The largest absolute Gasteiger partial charge is 0.493 e. The first-order valence-electron chi connectivity index (χ1n) is 11.1. The third-order valence-corrected chi connectivity index (χ3v) is 6.96. The highest BCUT2D eigenvalue weighted by Gasteiger charge is 2.36. The summed E-state index contributed by atoms with van der Waals surface area (Å²) in [6, 6.07) is 8.90. The van der Waals surface area contributed by atoms with E-state index in [1.54, 1.807) is 18.2 Å². The van der Waals surface area contributed by atoms with Crippen molar-refractivity contribution in [3.05, 3.63) is 67.9 Å². The maximum Gasteiger partial charge on any atom is 0.340 e. The zero-order valence-corrected chi connectivity index (χ0v) is 18.9. The molecule has 3 aromatic rings. The highest BCUT2D eigenvalue weighted by molar-refractivity contribution is 5.90. The molecule has 8 heteroatoms. The van der Waals surface area contributed by atoms with Gasteiger partial charge in [0.05, 0.1) is 26.2 Å². The number of ether oxygens (including phenoxy) is 2. The number of methoxy groups -OCH3 is 2. The summed E-state index contributed by atoms with van der Waals surface area (Å²) in [5, 5.41) is 0.707. The molecule has 2 atom stereocenters. The molecule has 2 aliphatic heterocycles. The molecule has 1 saturated heterocycles. The zero-order chi connectivity index (χ0) is 23.3. The lowest BCUT2D eigenvalue weighted by molar-refractivity contribution is -0.133. The first kappa shape index (κ1) is 21.3. The Labute approximate surface area is 190 Å². The first-order chi connectivity index (χ1) is 15.9. The summed E-state index contributed by atoms with van der Waals surface area (Å²) in [6.07, 6.45) is 0.936. The van der Waals surface area contributed by atoms with Gasteiger partial charge >= 0.3 is 5.63 Å². The van der Waals surface area contributed by atoms with Crippen molar-refractivity contribution < 1.29 is 18.7 Å². The summed E-state index contributed by atoms with van der Waals surface area (Å²) in [7, 11) is 3.01. The Morgan fingerprint density at radius 3 is 2.67 bits per heavy atom. The van der Waals surface area contributed by atoms with Crippen LogP contribution in [-0.2, 0) is 17.8 Å². The number of piperidine rings is 1. The van der Waals surface area contributed by atoms with Crippen LogP contribution in [0, 0.1) is 12.8 Å². The van der Waals surface area contributed by atoms with E-state index in [1.165, 1.54) is 14.2 Å². The number of aryl methyl sites for hydroxylation is 1. The van der Waals surface area contributed by atoms with Crippen LogP contribution in [0.1, 0.15) is 29.2 Å². The average Bonchev–Trinajstić information content (AvgIpc) is 2.81. The van der Waals surface area contributed by atoms with E-state index in [2.05, 4.69) is 0 Å². The maximum absolute atomic E-state index is 13.3. The number of hydrogen-bond acceptors (Lipinski definition) is 6. The van der Waals surface area contributed by atoms with E-state index >= 15 is 0 Å². The average molecular weight is 450 g/mol. The molecule has 4 heterocycles. The molecule has 0 aliphatic carbocycles. The predicted octanol–water partition coefficient (Wildman–Crippen LogP) is 2.47. The quantitative estimate of drug-likeness (QED) is 0.567. The predicted molar refractivity (Wildman–Crippen MR) is 122 cm³/mol. The Morgan fingerprint density at radius 1 is 1.09 bits per heavy atom. The molecule has 2 bridgehead atoms. The molecule has 1 fully saturated rings. The third kappa shape index (κ3) is 3.50. The van der Waals surface area contributed by atoms with E-state index < -0.39 is 5.63 Å². The number of aromatic nitrogens is 1. The molecular weight excluding hydrogens is 424 g/mol. The van der Waals surface area contributed by atoms with E-state index in [0.29, 0.717) is 53.2 Å². The number of carbonyl (C=O) groups excluding carboxylic acids is 1. The van der Waals surface area contributed by atoms with Crippen molar-refractivity contribution in [1.82, 2.24) is 9.47 Å². The van der Waals surface area contributed by atoms with Gasteiger partial charge in [-0.15, -0.1) is 0 Å². The topological polar surface area (TPSA) is 91.0 Å². The second kappa shape index (κ2) is 8.10. The van der Waals surface area contributed by atoms with Crippen molar-refractivity contribution in [1.29, 1.82) is 0 Å². The van der Waals surface area contributed by atoms with Gasteiger partial charge in [-0.2, -0.15) is 0 Å². The van der Waals surface area contributed by atoms with Crippen LogP contribution in [0.25, 0.3) is 11.0 Å². The van der Waals surface area contributed by atoms with Crippen LogP contribution in [0.2, 0.25) is 0 Å². The fourth-order valence-corrected chi connectivity index (χ4v) is 5.33. The minimum Gasteiger partial charge on any atom is -0.493 e. The molecule has 8 nitrogen and oxygen atoms in total. The fourth-order valence-electron chi connectivity index (χ4n) is 5.33. The van der Waals surface area contributed by atoms with Gasteiger partial charge in [-0.1, -0.05) is 6.07 Å². The van der Waals surface area contributed by atoms with E-state index in [-0.39, 0.29) is 29.7 Å². The molecular formula is C25H26N2O6. The number of nitrogens with zero attached hydrogens (tertiary/aromatic N) is 2. The van der Waals surface area contributed by atoms with Gasteiger partial charge in [-0.3, -0.25) is 9.59 Å². The lowest BCUT2D eigenvalue weighted by Crippen LogP contribution is -2.49. The molecule has 0 radical (unpaired) electrons. The monoisotopic (exact) mass is 450 g/mol. The minimum absolute atomic E-state index is 0.0124. The molecule has 2 aromatic heterocycles. The smallest absolute Gasteiger partial charge is 0.340 e. The number of fused-ring (bicyclic) bond motifs is 5. The lowest BCUT2D eigenvalue weighted by Gasteiger charge is -2.42. The molecule has 0 N–H and O–H groups in total. The minimum atomic E-state index is -0.547. The van der Waals surface area contributed by atoms with E-state index in [4.69, 9.17) is 13.9 Å². The van der Waals surface area contributed by atoms with Crippen LogP contribution in [0.15, 0.2) is 44.3 Å². The van der Waals surface area contributed by atoms with Crippen LogP contribution in [0.3, 0.4) is 0 Å². The number of rotatable bonds is 4. The third-order valence-electron chi connectivity index (χ3n) is 6.96. The number of benzene rings is 1. The normalized spacial score (nSPS) is 19.3. The van der Waals surface area contributed by atoms with E-state index in [1.807, 2.05) is 28.5 Å². The van der Waals surface area contributed by atoms with Gasteiger partial charge < -0.3 is 23.4 Å². The zero-order valence-electron chi connectivity index (χ0n) is 18.9. The van der Waals surface area contributed by atoms with Crippen molar-refractivity contribution >= 4 is 16.9 Å². The second-order valence-electron chi connectivity index (χ2n) is 8.84. The number of carbonyl (C=O) groups is 1. The number of pyridine rings is 1. The highest BCUT2D eigenvalue weighted by Crippen LogP contribution is 2.37. The number of amides is 1. The Bertz CT molecular complexity index is 1370. The fraction of sp³-hybridized carbons (Fsp3) is 0.400. The van der Waals surface area contributed by atoms with Crippen molar-refractivity contribution in [3.63, 3.8) is 0 Å². The standard InChI is InChI=1S/C25H26N2O6/c1-14-17-7-8-20(31-2)24(32-3)23(17)33-25(30)18(14)10-22(29)26-11-15-9-16(13-26)19-5-4-6-21(28)27(19)12-15/h4-8,15-16H,9-13H2,1-3H3/t15-,16-/m0/s1. The van der Waals surface area contributed by atoms with Crippen molar-refractivity contribution in [3.8, 4) is 11.5 Å². The Balaban J connectivity index is 1.44. The van der Waals surface area contributed by atoms with Crippen LogP contribution < -0.4 is 20.7 Å². The van der Waals surface area contributed by atoms with Crippen LogP contribution in [0.4, 0.5) is 0 Å². The van der Waals surface area contributed by atoms with Gasteiger partial charge in [0.15, 0.2) is 11.3 Å². The van der Waals surface area contributed by atoms with Crippen molar-refractivity contribution in [2.24, 2.45) is 5.92 Å². The summed E-state index contributed by atoms with van der Waals surface area (Å²) in [5.41, 5.74) is 1.81. The molecule has 0 saturated carbocycles. The maximum atomic E-state index is 13.3. The highest BCUT2D eigenvalue weighted by atomic mass is 16.5. The molecule has 2 aliphatic rings. The Kier molecular flexibility index (Phi) is 5.23. The van der Waals surface area contributed by atoms with Crippen LogP contribution in [0.5, 0.6) is 11.5 Å². The molecule has 1 amide bonds. The van der Waals surface area contributed by atoms with Crippen LogP contribution in [-0.4, -0.2) is 42.7 Å². The SMILES string of the molecule is COc1ccc2c(C)c(CC(=O)N3C[C@@H]4C[C@@H](C3)c3cccc(=O)n3C4)c(=O)oc2c1OC. The van der Waals surface area contributed by atoms with E-state index in [0.717, 1.165) is 12.1 Å². The van der Waals surface area contributed by atoms with Crippen molar-refractivity contribution in [2.75, 3.05) is 27.3 Å². The van der Waals surface area contributed by atoms with E-state index in [9.17, 15) is 14.4 Å². The molecule has 33 heavy (non-hydrogen) atoms. The Morgan fingerprint density at radius 2 is 1.91 bits per heavy atom. The van der Waals surface area contributed by atoms with Gasteiger partial charge in [-0.05, 0) is 43.0 Å². The molecule has 172 valence electrons. The van der Waals surface area contributed by atoms with Gasteiger partial charge in [-0.25, -0.2) is 4.79 Å². The lowest BCUT2D eigenvalue weighted by atomic mass is 9.83. The number of hydrogen-bond donors (Lipinski definition) is 0. The molecule has 0 unspecified atom stereocenters. The van der Waals surface area contributed by atoms with Gasteiger partial charge in [0, 0.05) is 42.7 Å². The Hall–Kier alpha value is -3.55. The summed E-state index contributed by atoms with van der Waals surface area (Å²) < 4.78 is 18.1. The summed E-state index contributed by atoms with van der Waals surface area (Å²) in [4.78, 5) is 40.2. The summed E-state index contributed by atoms with van der Waals surface area (Å²) >= 11 is 0. The van der Waals surface area contributed by atoms with Gasteiger partial charge in [0.2, 0.25) is 11.7 Å². The van der Waals surface area contributed by atoms with Gasteiger partial charge in [0.25, 0.3) is 5.56 Å². The van der Waals surface area contributed by atoms with Crippen LogP contribution >= 0.6 is 0 Å². The summed E-state index contributed by atoms with van der Waals surface area (Å²) in [5.74, 6) is 1.07. The molecule has 1 aromatic carbocycles. The van der Waals surface area contributed by atoms with Crippen molar-refractivity contribution in [2.45, 2.75) is 32.2 Å². The molecule has 5 rings (SSSR count). The summed E-state index contributed by atoms with van der Waals surface area (Å²) in [6.45, 7) is 3.57. The number of likely N-dealkylation sites (tertiary alicyclic amines) is 1. The second-order valence-corrected chi connectivity index (χ2v) is 8.84.